The summed E-state index contributed by atoms with van der Waals surface area (Å²) in [6.45, 7) is 6.00. The zero-order chi connectivity index (χ0) is 10.9. The quantitative estimate of drug-likeness (QED) is 0.698. The number of nitrogens with one attached hydrogen (secondary N) is 1. The summed E-state index contributed by atoms with van der Waals surface area (Å²) in [5.41, 5.74) is 0.661. The van der Waals surface area contributed by atoms with Gasteiger partial charge >= 0.3 is 0 Å². The molecular formula is C9H15N3O2S. The van der Waals surface area contributed by atoms with E-state index >= 15 is 0 Å². The van der Waals surface area contributed by atoms with Crippen molar-refractivity contribution < 1.29 is 8.42 Å². The smallest absolute Gasteiger partial charge is 0.214 e. The van der Waals surface area contributed by atoms with E-state index in [1.807, 2.05) is 0 Å². The van der Waals surface area contributed by atoms with Crippen LogP contribution in [0.4, 0.5) is 0 Å². The largest absolute Gasteiger partial charge is 0.314 e. The van der Waals surface area contributed by atoms with Gasteiger partial charge in [-0.3, -0.25) is 4.90 Å². The molecule has 0 amide bonds. The van der Waals surface area contributed by atoms with Crippen LogP contribution in [0.1, 0.15) is 6.92 Å². The summed E-state index contributed by atoms with van der Waals surface area (Å²) in [7, 11) is -3.18. The summed E-state index contributed by atoms with van der Waals surface area (Å²) in [6, 6.07) is 0. The van der Waals surface area contributed by atoms with Crippen LogP contribution in [0, 0.1) is 0 Å². The van der Waals surface area contributed by atoms with E-state index in [-0.39, 0.29) is 5.04 Å². The van der Waals surface area contributed by atoms with Crippen LogP contribution < -0.4 is 5.32 Å². The Bertz CT molecular complexity index is 405. The molecule has 6 heteroatoms. The van der Waals surface area contributed by atoms with Crippen molar-refractivity contribution in [2.75, 3.05) is 32.7 Å². The molecule has 0 aromatic carbocycles. The van der Waals surface area contributed by atoms with Crippen LogP contribution in [0.2, 0.25) is 0 Å². The van der Waals surface area contributed by atoms with Crippen LogP contribution in [-0.2, 0) is 9.84 Å². The highest BCUT2D eigenvalue weighted by Gasteiger charge is 2.22. The zero-order valence-electron chi connectivity index (χ0n) is 8.73. The minimum atomic E-state index is -3.18. The Labute approximate surface area is 89.8 Å². The van der Waals surface area contributed by atoms with Crippen molar-refractivity contribution >= 4 is 14.9 Å². The van der Waals surface area contributed by atoms with Gasteiger partial charge in [-0.2, -0.15) is 0 Å². The number of piperazine rings is 1. The number of sulfone groups is 1. The summed E-state index contributed by atoms with van der Waals surface area (Å²) in [6.07, 6.45) is 0. The highest BCUT2D eigenvalue weighted by Crippen LogP contribution is 2.15. The lowest BCUT2D eigenvalue weighted by Gasteiger charge is -2.26. The Morgan fingerprint density at radius 2 is 2.13 bits per heavy atom. The third-order valence-corrected chi connectivity index (χ3v) is 4.10. The maximum absolute atomic E-state index is 11.4. The Morgan fingerprint density at radius 1 is 1.47 bits per heavy atom. The molecule has 2 aliphatic heterocycles. The van der Waals surface area contributed by atoms with Gasteiger partial charge in [0.05, 0.1) is 11.1 Å². The van der Waals surface area contributed by atoms with E-state index in [4.69, 9.17) is 0 Å². The zero-order valence-corrected chi connectivity index (χ0v) is 9.55. The molecule has 0 aromatic heterocycles. The Morgan fingerprint density at radius 3 is 2.67 bits per heavy atom. The molecule has 0 unspecified atom stereocenters. The number of rotatable bonds is 2. The molecule has 1 N–H and O–H groups in total. The number of hydrogen-bond acceptors (Lipinski definition) is 5. The third kappa shape index (κ3) is 2.45. The molecule has 0 saturated carbocycles. The fourth-order valence-corrected chi connectivity index (χ4v) is 2.63. The Balaban J connectivity index is 2.02. The summed E-state index contributed by atoms with van der Waals surface area (Å²) in [5, 5.41) is 4.75. The molecule has 5 nitrogen and oxygen atoms in total. The van der Waals surface area contributed by atoms with Crippen LogP contribution in [0.5, 0.6) is 0 Å². The van der Waals surface area contributed by atoms with Gasteiger partial charge in [0, 0.05) is 32.7 Å². The monoisotopic (exact) mass is 229 g/mol. The average Bonchev–Trinajstić information content (AvgIpc) is 2.42. The molecule has 0 aliphatic carbocycles. The van der Waals surface area contributed by atoms with Crippen molar-refractivity contribution in [3.63, 3.8) is 0 Å². The minimum absolute atomic E-state index is 0.215. The first-order valence-corrected chi connectivity index (χ1v) is 6.56. The van der Waals surface area contributed by atoms with Crippen molar-refractivity contribution in [2.45, 2.75) is 6.92 Å². The van der Waals surface area contributed by atoms with Gasteiger partial charge in [0.15, 0.2) is 0 Å². The summed E-state index contributed by atoms with van der Waals surface area (Å²) >= 11 is 0. The van der Waals surface area contributed by atoms with Crippen LogP contribution in [0.3, 0.4) is 0 Å². The lowest BCUT2D eigenvalue weighted by molar-refractivity contribution is 0.259. The first-order valence-electron chi connectivity index (χ1n) is 5.02. The van der Waals surface area contributed by atoms with Crippen molar-refractivity contribution in [1.29, 1.82) is 0 Å². The van der Waals surface area contributed by atoms with Crippen molar-refractivity contribution in [3.8, 4) is 0 Å². The van der Waals surface area contributed by atoms with E-state index in [1.165, 1.54) is 12.3 Å². The minimum Gasteiger partial charge on any atom is -0.314 e. The van der Waals surface area contributed by atoms with Gasteiger partial charge < -0.3 is 5.32 Å². The van der Waals surface area contributed by atoms with E-state index in [0.717, 1.165) is 26.2 Å². The van der Waals surface area contributed by atoms with Gasteiger partial charge in [-0.05, 0) is 6.92 Å². The highest BCUT2D eigenvalue weighted by atomic mass is 32.2. The highest BCUT2D eigenvalue weighted by molar-refractivity contribution is 8.09. The van der Waals surface area contributed by atoms with E-state index in [1.54, 1.807) is 0 Å². The second-order valence-corrected chi connectivity index (χ2v) is 5.73. The van der Waals surface area contributed by atoms with E-state index in [2.05, 4.69) is 15.2 Å². The number of nitrogens with zero attached hydrogens (tertiary/aromatic N) is 2. The fraction of sp³-hybridized carbons (Fsp3) is 0.667. The second-order valence-electron chi connectivity index (χ2n) is 3.81. The maximum Gasteiger partial charge on any atom is 0.214 e. The van der Waals surface area contributed by atoms with E-state index < -0.39 is 9.84 Å². The molecule has 1 fully saturated rings. The second kappa shape index (κ2) is 4.03. The summed E-state index contributed by atoms with van der Waals surface area (Å²) in [5.74, 6) is 0. The molecule has 84 valence electrons. The van der Waals surface area contributed by atoms with Gasteiger partial charge in [-0.1, -0.05) is 0 Å². The van der Waals surface area contributed by atoms with Crippen LogP contribution in [-0.4, -0.2) is 51.1 Å². The molecule has 2 aliphatic rings. The standard InChI is InChI=1S/C9H15N3O2S/c1-8-11-9(7-15(8,13)14)6-12-4-2-10-3-5-12/h7,10H,2-6H2,1H3. The Kier molecular flexibility index (Phi) is 2.90. The van der Waals surface area contributed by atoms with Gasteiger partial charge in [0.2, 0.25) is 9.84 Å². The molecule has 2 rings (SSSR count). The van der Waals surface area contributed by atoms with Crippen molar-refractivity contribution in [3.05, 3.63) is 11.1 Å². The van der Waals surface area contributed by atoms with Crippen LogP contribution in [0.25, 0.3) is 0 Å². The van der Waals surface area contributed by atoms with Crippen molar-refractivity contribution in [2.24, 2.45) is 4.99 Å². The number of hydrogen-bond donors (Lipinski definition) is 1. The Hall–Kier alpha value is -0.720. The van der Waals surface area contributed by atoms with Gasteiger partial charge in [0.25, 0.3) is 0 Å². The molecule has 1 saturated heterocycles. The fourth-order valence-electron chi connectivity index (χ4n) is 1.73. The van der Waals surface area contributed by atoms with Gasteiger partial charge in [-0.25, -0.2) is 13.4 Å². The molecule has 0 atom stereocenters. The lowest BCUT2D eigenvalue weighted by Crippen LogP contribution is -2.43. The molecule has 15 heavy (non-hydrogen) atoms. The molecule has 0 spiro atoms. The normalized spacial score (nSPS) is 26.2. The first kappa shape index (κ1) is 10.8. The summed E-state index contributed by atoms with van der Waals surface area (Å²) < 4.78 is 22.8. The van der Waals surface area contributed by atoms with Crippen molar-refractivity contribution in [1.82, 2.24) is 10.2 Å². The van der Waals surface area contributed by atoms with Gasteiger partial charge in [0.1, 0.15) is 5.04 Å². The van der Waals surface area contributed by atoms with Crippen LogP contribution >= 0.6 is 0 Å². The average molecular weight is 229 g/mol. The molecule has 0 bridgehead atoms. The summed E-state index contributed by atoms with van der Waals surface area (Å²) in [4.78, 5) is 6.27. The SMILES string of the molecule is CC1=NC(CN2CCNCC2)=CS1(=O)=O. The lowest BCUT2D eigenvalue weighted by atomic mass is 10.3. The molecule has 0 aromatic rings. The van der Waals surface area contributed by atoms with Gasteiger partial charge in [-0.15, -0.1) is 0 Å². The number of aliphatic imine (C=N–C) groups is 1. The van der Waals surface area contributed by atoms with E-state index in [9.17, 15) is 8.42 Å². The first-order chi connectivity index (χ1) is 7.08. The molecule has 2 heterocycles. The molecule has 0 radical (unpaired) electrons. The predicted octanol–water partition coefficient (Wildman–Crippen LogP) is -0.420. The molecular weight excluding hydrogens is 214 g/mol. The topological polar surface area (TPSA) is 61.8 Å². The maximum atomic E-state index is 11.4. The third-order valence-electron chi connectivity index (χ3n) is 2.60. The van der Waals surface area contributed by atoms with Crippen LogP contribution in [0.15, 0.2) is 16.1 Å². The predicted molar refractivity (Wildman–Crippen MR) is 59.4 cm³/mol. The van der Waals surface area contributed by atoms with E-state index in [0.29, 0.717) is 12.2 Å².